The van der Waals surface area contributed by atoms with Crippen molar-refractivity contribution in [2.75, 3.05) is 13.1 Å². The summed E-state index contributed by atoms with van der Waals surface area (Å²) < 4.78 is 0. The fourth-order valence-corrected chi connectivity index (χ4v) is 2.67. The van der Waals surface area contributed by atoms with E-state index in [0.717, 1.165) is 24.0 Å². The van der Waals surface area contributed by atoms with Crippen molar-refractivity contribution in [3.8, 4) is 0 Å². The Kier molecular flexibility index (Phi) is 5.12. The average Bonchev–Trinajstić information content (AvgIpc) is 2.93. The van der Waals surface area contributed by atoms with E-state index >= 15 is 0 Å². The van der Waals surface area contributed by atoms with Crippen LogP contribution in [0.25, 0.3) is 0 Å². The maximum absolute atomic E-state index is 12.1. The summed E-state index contributed by atoms with van der Waals surface area (Å²) in [4.78, 5) is 12.1. The van der Waals surface area contributed by atoms with Crippen LogP contribution >= 0.6 is 11.3 Å². The molecule has 0 unspecified atom stereocenters. The number of nitrogens with two attached hydrogens (primary N) is 1. The smallest absolute Gasteiger partial charge is 0.251 e. The van der Waals surface area contributed by atoms with E-state index in [1.807, 2.05) is 29.6 Å². The molecule has 1 aromatic heterocycles. The van der Waals surface area contributed by atoms with Crippen LogP contribution < -0.4 is 11.1 Å². The second-order valence-electron chi connectivity index (χ2n) is 4.33. The van der Waals surface area contributed by atoms with Crippen LogP contribution in [0.5, 0.6) is 0 Å². The fraction of sp³-hybridized carbons (Fsp3) is 0.267. The lowest BCUT2D eigenvalue weighted by Gasteiger charge is -2.09. The normalized spacial score (nSPS) is 10.4. The Bertz CT molecular complexity index is 523. The Hall–Kier alpha value is -1.65. The quantitative estimate of drug-likeness (QED) is 0.848. The maximum Gasteiger partial charge on any atom is 0.251 e. The van der Waals surface area contributed by atoms with Gasteiger partial charge in [0.05, 0.1) is 0 Å². The summed E-state index contributed by atoms with van der Waals surface area (Å²) in [6.07, 6.45) is 1.60. The van der Waals surface area contributed by atoms with Gasteiger partial charge in [-0.3, -0.25) is 4.79 Å². The zero-order valence-corrected chi connectivity index (χ0v) is 11.6. The van der Waals surface area contributed by atoms with Crippen LogP contribution in [0.15, 0.2) is 41.1 Å². The molecule has 2 rings (SSSR count). The highest BCUT2D eigenvalue weighted by Gasteiger charge is 2.09. The summed E-state index contributed by atoms with van der Waals surface area (Å²) >= 11 is 1.68. The fourth-order valence-electron chi connectivity index (χ4n) is 1.97. The highest BCUT2D eigenvalue weighted by Crippen LogP contribution is 2.09. The molecule has 100 valence electrons. The summed E-state index contributed by atoms with van der Waals surface area (Å²) in [7, 11) is 0. The molecule has 19 heavy (non-hydrogen) atoms. The number of amides is 1. The largest absolute Gasteiger partial charge is 0.352 e. The molecule has 0 spiro atoms. The van der Waals surface area contributed by atoms with Crippen LogP contribution in [0, 0.1) is 0 Å². The van der Waals surface area contributed by atoms with Gasteiger partial charge in [-0.25, -0.2) is 0 Å². The summed E-state index contributed by atoms with van der Waals surface area (Å²) in [5.74, 6) is -0.0146. The third-order valence-corrected chi connectivity index (χ3v) is 3.69. The molecule has 3 N–H and O–H groups in total. The topological polar surface area (TPSA) is 55.1 Å². The summed E-state index contributed by atoms with van der Waals surface area (Å²) in [5.41, 5.74) is 8.57. The lowest BCUT2D eigenvalue weighted by molar-refractivity contribution is 0.0953. The first-order valence-corrected chi connectivity index (χ1v) is 7.33. The number of benzene rings is 1. The second kappa shape index (κ2) is 7.07. The van der Waals surface area contributed by atoms with E-state index < -0.39 is 0 Å². The third kappa shape index (κ3) is 3.91. The zero-order chi connectivity index (χ0) is 13.5. The van der Waals surface area contributed by atoms with Gasteiger partial charge in [-0.15, -0.1) is 0 Å². The maximum atomic E-state index is 12.1. The molecule has 1 heterocycles. The van der Waals surface area contributed by atoms with Crippen molar-refractivity contribution in [2.45, 2.75) is 12.8 Å². The molecule has 0 aliphatic heterocycles. The number of carbonyl (C=O) groups excluding carboxylic acids is 1. The van der Waals surface area contributed by atoms with E-state index in [9.17, 15) is 4.79 Å². The van der Waals surface area contributed by atoms with Crippen LogP contribution in [0.1, 0.15) is 21.5 Å². The van der Waals surface area contributed by atoms with Crippen molar-refractivity contribution in [3.05, 3.63) is 57.8 Å². The number of hydrogen-bond donors (Lipinski definition) is 2. The van der Waals surface area contributed by atoms with Crippen molar-refractivity contribution in [1.29, 1.82) is 0 Å². The highest BCUT2D eigenvalue weighted by molar-refractivity contribution is 7.07. The summed E-state index contributed by atoms with van der Waals surface area (Å²) in [5, 5.41) is 7.12. The van der Waals surface area contributed by atoms with Crippen LogP contribution in [0.3, 0.4) is 0 Å². The molecule has 2 aromatic rings. The van der Waals surface area contributed by atoms with Crippen molar-refractivity contribution < 1.29 is 4.79 Å². The zero-order valence-electron chi connectivity index (χ0n) is 10.8. The first-order valence-electron chi connectivity index (χ1n) is 6.38. The third-order valence-electron chi connectivity index (χ3n) is 2.95. The molecule has 0 bridgehead atoms. The van der Waals surface area contributed by atoms with Gasteiger partial charge in [-0.05, 0) is 53.4 Å². The summed E-state index contributed by atoms with van der Waals surface area (Å²) in [6, 6.07) is 9.71. The lowest BCUT2D eigenvalue weighted by atomic mass is 10.0. The van der Waals surface area contributed by atoms with Crippen LogP contribution in [0.4, 0.5) is 0 Å². The van der Waals surface area contributed by atoms with Crippen molar-refractivity contribution in [1.82, 2.24) is 5.32 Å². The molecule has 0 aliphatic rings. The number of rotatable bonds is 6. The van der Waals surface area contributed by atoms with Crippen molar-refractivity contribution in [2.24, 2.45) is 5.73 Å². The van der Waals surface area contributed by atoms with Gasteiger partial charge in [-0.1, -0.05) is 18.2 Å². The molecule has 0 saturated heterocycles. The molecule has 3 nitrogen and oxygen atoms in total. The van der Waals surface area contributed by atoms with E-state index in [2.05, 4.69) is 16.8 Å². The van der Waals surface area contributed by atoms with Crippen molar-refractivity contribution in [3.63, 3.8) is 0 Å². The predicted molar refractivity (Wildman–Crippen MR) is 79.6 cm³/mol. The van der Waals surface area contributed by atoms with Crippen molar-refractivity contribution >= 4 is 17.2 Å². The first kappa shape index (κ1) is 13.8. The van der Waals surface area contributed by atoms with Gasteiger partial charge in [0.2, 0.25) is 0 Å². The number of hydrogen-bond acceptors (Lipinski definition) is 3. The number of thiophene rings is 1. The van der Waals surface area contributed by atoms with Crippen LogP contribution in [-0.2, 0) is 12.8 Å². The van der Waals surface area contributed by atoms with Gasteiger partial charge < -0.3 is 11.1 Å². The molecule has 1 amide bonds. The Morgan fingerprint density at radius 1 is 1.21 bits per heavy atom. The van der Waals surface area contributed by atoms with Gasteiger partial charge in [0.1, 0.15) is 0 Å². The highest BCUT2D eigenvalue weighted by atomic mass is 32.1. The van der Waals surface area contributed by atoms with Crippen LogP contribution in [-0.4, -0.2) is 19.0 Å². The standard InChI is InChI=1S/C15H18N2OS/c16-8-5-13-3-1-2-4-14(13)15(18)17-9-6-12-7-10-19-11-12/h1-4,7,10-11H,5-6,8-9,16H2,(H,17,18). The molecule has 1 aromatic carbocycles. The van der Waals surface area contributed by atoms with E-state index in [1.165, 1.54) is 5.56 Å². The SMILES string of the molecule is NCCc1ccccc1C(=O)NCCc1ccsc1. The Morgan fingerprint density at radius 2 is 2.05 bits per heavy atom. The van der Waals surface area contributed by atoms with Gasteiger partial charge in [0.15, 0.2) is 0 Å². The Morgan fingerprint density at radius 3 is 2.79 bits per heavy atom. The van der Waals surface area contributed by atoms with Gasteiger partial charge in [0, 0.05) is 12.1 Å². The Balaban J connectivity index is 1.92. The molecule has 0 fully saturated rings. The molecule has 0 aliphatic carbocycles. The number of carbonyl (C=O) groups is 1. The summed E-state index contributed by atoms with van der Waals surface area (Å²) in [6.45, 7) is 1.21. The minimum atomic E-state index is -0.0146. The van der Waals surface area contributed by atoms with E-state index in [1.54, 1.807) is 11.3 Å². The molecular weight excluding hydrogens is 256 g/mol. The first-order chi connectivity index (χ1) is 9.31. The minimum absolute atomic E-state index is 0.0146. The molecule has 4 heteroatoms. The predicted octanol–water partition coefficient (Wildman–Crippen LogP) is 2.22. The van der Waals surface area contributed by atoms with E-state index in [4.69, 9.17) is 5.73 Å². The van der Waals surface area contributed by atoms with Crippen LogP contribution in [0.2, 0.25) is 0 Å². The van der Waals surface area contributed by atoms with Gasteiger partial charge >= 0.3 is 0 Å². The molecular formula is C15H18N2OS. The van der Waals surface area contributed by atoms with E-state index in [-0.39, 0.29) is 5.91 Å². The lowest BCUT2D eigenvalue weighted by Crippen LogP contribution is -2.27. The van der Waals surface area contributed by atoms with E-state index in [0.29, 0.717) is 13.1 Å². The molecule has 0 radical (unpaired) electrons. The van der Waals surface area contributed by atoms with Gasteiger partial charge in [0.25, 0.3) is 5.91 Å². The van der Waals surface area contributed by atoms with Gasteiger partial charge in [-0.2, -0.15) is 11.3 Å². The average molecular weight is 274 g/mol. The molecule has 0 atom stereocenters. The Labute approximate surface area is 117 Å². The second-order valence-corrected chi connectivity index (χ2v) is 5.11. The molecule has 0 saturated carbocycles. The number of nitrogens with one attached hydrogen (secondary N) is 1. The monoisotopic (exact) mass is 274 g/mol. The minimum Gasteiger partial charge on any atom is -0.352 e.